The highest BCUT2D eigenvalue weighted by Crippen LogP contribution is 2.14. The molecule has 0 aromatic heterocycles. The smallest absolute Gasteiger partial charge is 0.176 e. The van der Waals surface area contributed by atoms with Crippen LogP contribution in [0.5, 0.6) is 0 Å². The van der Waals surface area contributed by atoms with Crippen molar-refractivity contribution in [2.75, 3.05) is 5.88 Å². The van der Waals surface area contributed by atoms with Gasteiger partial charge in [0.05, 0.1) is 4.83 Å². The molecule has 2 aromatic rings. The molecule has 0 N–H and O–H groups in total. The summed E-state index contributed by atoms with van der Waals surface area (Å²) in [6.07, 6.45) is 0.422. The number of hydrogen-bond donors (Lipinski definition) is 0. The van der Waals surface area contributed by atoms with Crippen LogP contribution in [0.4, 0.5) is 0 Å². The van der Waals surface area contributed by atoms with Crippen LogP contribution in [0.15, 0.2) is 54.6 Å². The number of ketones is 2. The Morgan fingerprint density at radius 3 is 2.17 bits per heavy atom. The summed E-state index contributed by atoms with van der Waals surface area (Å²) in [5, 5.41) is 0.592. The standard InChI is InChI=1S/C9H8BrClO.C9H9ClO/c1-6(10)9(12)7-3-2-4-8(11)5-7;10-7-6-9(11)8-4-2-1-3-5-8/h2-6H,1H3;1-5H,6-7H2. The summed E-state index contributed by atoms with van der Waals surface area (Å²) < 4.78 is 0. The van der Waals surface area contributed by atoms with E-state index in [0.717, 1.165) is 5.56 Å². The van der Waals surface area contributed by atoms with E-state index in [1.165, 1.54) is 0 Å². The Balaban J connectivity index is 0.000000231. The van der Waals surface area contributed by atoms with Crippen LogP contribution in [0.25, 0.3) is 0 Å². The highest BCUT2D eigenvalue weighted by molar-refractivity contribution is 9.10. The molecule has 23 heavy (non-hydrogen) atoms. The highest BCUT2D eigenvalue weighted by Gasteiger charge is 2.11. The van der Waals surface area contributed by atoms with Crippen molar-refractivity contribution in [1.82, 2.24) is 0 Å². The van der Waals surface area contributed by atoms with Crippen molar-refractivity contribution in [3.05, 3.63) is 70.7 Å². The zero-order chi connectivity index (χ0) is 17.2. The largest absolute Gasteiger partial charge is 0.294 e. The van der Waals surface area contributed by atoms with Crippen LogP contribution in [0.3, 0.4) is 0 Å². The molecule has 0 saturated carbocycles. The minimum absolute atomic E-state index is 0.0532. The van der Waals surface area contributed by atoms with Gasteiger partial charge in [-0.05, 0) is 19.1 Å². The number of benzene rings is 2. The quantitative estimate of drug-likeness (QED) is 0.456. The van der Waals surface area contributed by atoms with E-state index in [1.807, 2.05) is 18.2 Å². The lowest BCUT2D eigenvalue weighted by molar-refractivity contribution is 0.0984. The zero-order valence-electron chi connectivity index (χ0n) is 12.6. The first-order chi connectivity index (χ1) is 11.0. The van der Waals surface area contributed by atoms with Crippen molar-refractivity contribution in [2.24, 2.45) is 0 Å². The monoisotopic (exact) mass is 414 g/mol. The maximum atomic E-state index is 11.4. The van der Waals surface area contributed by atoms with Gasteiger partial charge in [-0.1, -0.05) is 70.0 Å². The van der Waals surface area contributed by atoms with Gasteiger partial charge in [-0.3, -0.25) is 9.59 Å². The van der Waals surface area contributed by atoms with Crippen LogP contribution in [-0.2, 0) is 0 Å². The number of halogens is 3. The molecule has 0 fully saturated rings. The van der Waals surface area contributed by atoms with Gasteiger partial charge in [0.15, 0.2) is 11.6 Å². The molecular weight excluding hydrogens is 399 g/mol. The Labute approximate surface area is 154 Å². The van der Waals surface area contributed by atoms with Gasteiger partial charge in [-0.2, -0.15) is 0 Å². The third-order valence-corrected chi connectivity index (χ3v) is 3.73. The van der Waals surface area contributed by atoms with E-state index in [2.05, 4.69) is 15.9 Å². The van der Waals surface area contributed by atoms with Gasteiger partial charge < -0.3 is 0 Å². The van der Waals surface area contributed by atoms with Gasteiger partial charge in [0.1, 0.15) is 0 Å². The number of alkyl halides is 2. The molecule has 0 bridgehead atoms. The lowest BCUT2D eigenvalue weighted by Gasteiger charge is -2.01. The molecule has 0 aliphatic rings. The SMILES string of the molecule is CC(Br)C(=O)c1cccc(Cl)c1.O=C(CCCl)c1ccccc1. The summed E-state index contributed by atoms with van der Waals surface area (Å²) in [4.78, 5) is 22.4. The first-order valence-electron chi connectivity index (χ1n) is 7.03. The fourth-order valence-corrected chi connectivity index (χ4v) is 2.35. The molecule has 2 rings (SSSR count). The number of rotatable bonds is 5. The molecule has 0 aliphatic heterocycles. The van der Waals surface area contributed by atoms with Crippen LogP contribution in [-0.4, -0.2) is 22.3 Å². The lowest BCUT2D eigenvalue weighted by Crippen LogP contribution is -2.09. The molecule has 1 atom stereocenters. The topological polar surface area (TPSA) is 34.1 Å². The van der Waals surface area contributed by atoms with Crippen LogP contribution in [0.1, 0.15) is 34.1 Å². The first-order valence-corrected chi connectivity index (χ1v) is 8.86. The molecule has 0 aliphatic carbocycles. The predicted molar refractivity (Wildman–Crippen MR) is 100 cm³/mol. The summed E-state index contributed by atoms with van der Waals surface area (Å²) in [6.45, 7) is 1.79. The Bertz CT molecular complexity index is 642. The second-order valence-electron chi connectivity index (χ2n) is 4.72. The minimum Gasteiger partial charge on any atom is -0.294 e. The van der Waals surface area contributed by atoms with Crippen LogP contribution in [0, 0.1) is 0 Å². The Kier molecular flexibility index (Phi) is 9.15. The maximum absolute atomic E-state index is 11.4. The molecule has 0 spiro atoms. The molecule has 0 radical (unpaired) electrons. The van der Waals surface area contributed by atoms with Crippen molar-refractivity contribution in [3.8, 4) is 0 Å². The van der Waals surface area contributed by atoms with Crippen molar-refractivity contribution < 1.29 is 9.59 Å². The maximum Gasteiger partial charge on any atom is 0.176 e. The number of Topliss-reactive ketones (excluding diaryl/α,β-unsaturated/α-hetero) is 2. The van der Waals surface area contributed by atoms with Crippen LogP contribution in [0.2, 0.25) is 5.02 Å². The summed E-state index contributed by atoms with van der Waals surface area (Å²) in [6, 6.07) is 16.1. The molecule has 122 valence electrons. The molecule has 1 unspecified atom stereocenters. The third-order valence-electron chi connectivity index (χ3n) is 2.89. The molecule has 5 heteroatoms. The van der Waals surface area contributed by atoms with Gasteiger partial charge in [-0.25, -0.2) is 0 Å². The third kappa shape index (κ3) is 7.30. The summed E-state index contributed by atoms with van der Waals surface area (Å²) in [5.41, 5.74) is 1.39. The van der Waals surface area contributed by atoms with E-state index in [4.69, 9.17) is 23.2 Å². The zero-order valence-corrected chi connectivity index (χ0v) is 15.7. The molecule has 0 heterocycles. The highest BCUT2D eigenvalue weighted by atomic mass is 79.9. The predicted octanol–water partition coefficient (Wildman–Crippen LogP) is 5.80. The van der Waals surface area contributed by atoms with Gasteiger partial charge in [-0.15, -0.1) is 11.6 Å². The van der Waals surface area contributed by atoms with Crippen LogP contribution >= 0.6 is 39.1 Å². The van der Waals surface area contributed by atoms with Gasteiger partial charge in [0.2, 0.25) is 0 Å². The molecule has 0 amide bonds. The Hall–Kier alpha value is -1.16. The van der Waals surface area contributed by atoms with Crippen molar-refractivity contribution in [2.45, 2.75) is 18.2 Å². The molecule has 2 nitrogen and oxygen atoms in total. The van der Waals surface area contributed by atoms with E-state index < -0.39 is 0 Å². The lowest BCUT2D eigenvalue weighted by atomic mass is 10.1. The van der Waals surface area contributed by atoms with E-state index in [0.29, 0.717) is 22.9 Å². The van der Waals surface area contributed by atoms with Gasteiger partial charge >= 0.3 is 0 Å². The van der Waals surface area contributed by atoms with E-state index in [9.17, 15) is 9.59 Å². The Morgan fingerprint density at radius 2 is 1.65 bits per heavy atom. The van der Waals surface area contributed by atoms with Crippen molar-refractivity contribution in [3.63, 3.8) is 0 Å². The fourth-order valence-electron chi connectivity index (χ4n) is 1.73. The van der Waals surface area contributed by atoms with Gasteiger partial charge in [0.25, 0.3) is 0 Å². The summed E-state index contributed by atoms with van der Waals surface area (Å²) in [7, 11) is 0. The van der Waals surface area contributed by atoms with E-state index in [1.54, 1.807) is 43.3 Å². The Morgan fingerprint density at radius 1 is 1.04 bits per heavy atom. The molecule has 0 saturated heterocycles. The number of carbonyl (C=O) groups is 2. The number of hydrogen-bond acceptors (Lipinski definition) is 2. The molecule has 2 aromatic carbocycles. The minimum atomic E-state index is -0.157. The molecular formula is C18H17BrCl2O2. The average molecular weight is 416 g/mol. The fraction of sp³-hybridized carbons (Fsp3) is 0.222. The summed E-state index contributed by atoms with van der Waals surface area (Å²) >= 11 is 14.4. The first kappa shape index (κ1) is 19.9. The van der Waals surface area contributed by atoms with Crippen molar-refractivity contribution >= 4 is 50.7 Å². The second-order valence-corrected chi connectivity index (χ2v) is 6.91. The number of carbonyl (C=O) groups excluding carboxylic acids is 2. The van der Waals surface area contributed by atoms with Gasteiger partial charge in [0, 0.05) is 28.5 Å². The van der Waals surface area contributed by atoms with Crippen molar-refractivity contribution in [1.29, 1.82) is 0 Å². The van der Waals surface area contributed by atoms with Crippen LogP contribution < -0.4 is 0 Å². The van der Waals surface area contributed by atoms with E-state index >= 15 is 0 Å². The second kappa shape index (κ2) is 10.6. The normalized spacial score (nSPS) is 11.1. The average Bonchev–Trinajstić information content (AvgIpc) is 2.55. The summed E-state index contributed by atoms with van der Waals surface area (Å²) in [5.74, 6) is 0.561. The van der Waals surface area contributed by atoms with E-state index in [-0.39, 0.29) is 16.4 Å².